The van der Waals surface area contributed by atoms with Crippen molar-refractivity contribution in [1.29, 1.82) is 0 Å². The summed E-state index contributed by atoms with van der Waals surface area (Å²) >= 11 is 0. The van der Waals surface area contributed by atoms with Crippen molar-refractivity contribution < 1.29 is 0 Å². The molecule has 3 heteroatoms. The first-order chi connectivity index (χ1) is 4.20. The van der Waals surface area contributed by atoms with Crippen molar-refractivity contribution in [3.05, 3.63) is 18.2 Å². The van der Waals surface area contributed by atoms with Gasteiger partial charge in [-0.25, -0.2) is 4.98 Å². The van der Waals surface area contributed by atoms with E-state index in [1.54, 1.807) is 6.33 Å². The Balaban J connectivity index is 2.85. The molecule has 0 unspecified atom stereocenters. The van der Waals surface area contributed by atoms with Crippen LogP contribution >= 0.6 is 0 Å². The first-order valence-corrected chi connectivity index (χ1v) is 2.99. The summed E-state index contributed by atoms with van der Waals surface area (Å²) in [6.45, 7) is 4.17. The van der Waals surface area contributed by atoms with Crippen LogP contribution in [-0.4, -0.2) is 9.66 Å². The van der Waals surface area contributed by atoms with Gasteiger partial charge in [0.05, 0.1) is 5.69 Å². The molecule has 1 aromatic heterocycles. The molecular weight excluding hydrogens is 114 g/mol. The zero-order valence-corrected chi connectivity index (χ0v) is 5.70. The van der Waals surface area contributed by atoms with Gasteiger partial charge in [0.25, 0.3) is 0 Å². The Kier molecular flexibility index (Phi) is 1.42. The largest absolute Gasteiger partial charge is 0.338 e. The molecule has 0 spiro atoms. The van der Waals surface area contributed by atoms with Crippen LogP contribution in [0.3, 0.4) is 0 Å². The van der Waals surface area contributed by atoms with Crippen molar-refractivity contribution in [1.82, 2.24) is 9.66 Å². The van der Waals surface area contributed by atoms with Crippen molar-refractivity contribution in [3.8, 4) is 0 Å². The number of imidazole rings is 1. The van der Waals surface area contributed by atoms with Gasteiger partial charge in [-0.2, -0.15) is 0 Å². The van der Waals surface area contributed by atoms with Crippen LogP contribution in [0.5, 0.6) is 0 Å². The molecule has 0 aromatic carbocycles. The lowest BCUT2D eigenvalue weighted by atomic mass is 10.2. The van der Waals surface area contributed by atoms with E-state index in [1.165, 1.54) is 4.68 Å². The van der Waals surface area contributed by atoms with E-state index in [9.17, 15) is 0 Å². The maximum absolute atomic E-state index is 5.37. The third-order valence-corrected chi connectivity index (χ3v) is 1.21. The normalized spacial score (nSPS) is 10.6. The molecule has 0 saturated heterocycles. The first-order valence-electron chi connectivity index (χ1n) is 2.99. The lowest BCUT2D eigenvalue weighted by molar-refractivity contribution is 0.831. The molecule has 0 aliphatic rings. The molecule has 0 aliphatic heterocycles. The van der Waals surface area contributed by atoms with E-state index in [4.69, 9.17) is 5.84 Å². The molecule has 0 aliphatic carbocycles. The van der Waals surface area contributed by atoms with Crippen LogP contribution in [0.2, 0.25) is 0 Å². The molecule has 1 aromatic rings. The summed E-state index contributed by atoms with van der Waals surface area (Å²) in [6.07, 6.45) is 3.43. The van der Waals surface area contributed by atoms with Crippen LogP contribution in [0.25, 0.3) is 0 Å². The highest BCUT2D eigenvalue weighted by molar-refractivity contribution is 5.01. The predicted molar refractivity (Wildman–Crippen MR) is 36.5 cm³/mol. The van der Waals surface area contributed by atoms with Gasteiger partial charge in [-0.3, -0.25) is 4.68 Å². The molecule has 9 heavy (non-hydrogen) atoms. The van der Waals surface area contributed by atoms with Gasteiger partial charge < -0.3 is 5.84 Å². The number of hydrogen-bond acceptors (Lipinski definition) is 2. The van der Waals surface area contributed by atoms with Crippen molar-refractivity contribution >= 4 is 0 Å². The molecule has 0 saturated carbocycles. The molecule has 0 amide bonds. The van der Waals surface area contributed by atoms with Crippen molar-refractivity contribution in [3.63, 3.8) is 0 Å². The maximum Gasteiger partial charge on any atom is 0.114 e. The first kappa shape index (κ1) is 6.13. The molecule has 1 heterocycles. The number of nitrogen functional groups attached to an aromatic ring is 1. The molecule has 3 nitrogen and oxygen atoms in total. The van der Waals surface area contributed by atoms with Gasteiger partial charge >= 0.3 is 0 Å². The van der Waals surface area contributed by atoms with Gasteiger partial charge in [-0.05, 0) is 5.92 Å². The van der Waals surface area contributed by atoms with Crippen molar-refractivity contribution in [2.24, 2.45) is 0 Å². The highest BCUT2D eigenvalue weighted by Crippen LogP contribution is 2.08. The number of nitrogens with two attached hydrogens (primary N) is 1. The summed E-state index contributed by atoms with van der Waals surface area (Å²) in [7, 11) is 0. The van der Waals surface area contributed by atoms with Gasteiger partial charge in [-0.1, -0.05) is 13.8 Å². The Morgan fingerprint density at radius 3 is 2.56 bits per heavy atom. The Bertz CT molecular complexity index is 190. The molecule has 1 rings (SSSR count). The highest BCUT2D eigenvalue weighted by atomic mass is 15.3. The summed E-state index contributed by atoms with van der Waals surface area (Å²) in [5.74, 6) is 5.84. The van der Waals surface area contributed by atoms with E-state index < -0.39 is 0 Å². The molecule has 0 fully saturated rings. The second-order valence-corrected chi connectivity index (χ2v) is 2.40. The number of rotatable bonds is 1. The third-order valence-electron chi connectivity index (χ3n) is 1.21. The average Bonchev–Trinajstić information content (AvgIpc) is 2.14. The summed E-state index contributed by atoms with van der Waals surface area (Å²) in [5.41, 5.74) is 1.04. The average molecular weight is 125 g/mol. The topological polar surface area (TPSA) is 43.8 Å². The van der Waals surface area contributed by atoms with Crippen molar-refractivity contribution in [2.75, 3.05) is 5.84 Å². The molecular formula is C6H11N3. The zero-order valence-electron chi connectivity index (χ0n) is 5.70. The van der Waals surface area contributed by atoms with Gasteiger partial charge in [0.15, 0.2) is 0 Å². The van der Waals surface area contributed by atoms with Crippen molar-refractivity contribution in [2.45, 2.75) is 19.8 Å². The predicted octanol–water partition coefficient (Wildman–Crippen LogP) is 0.720. The summed E-state index contributed by atoms with van der Waals surface area (Å²) < 4.78 is 1.47. The van der Waals surface area contributed by atoms with Gasteiger partial charge in [-0.15, -0.1) is 0 Å². The van der Waals surface area contributed by atoms with E-state index >= 15 is 0 Å². The van der Waals surface area contributed by atoms with Crippen LogP contribution < -0.4 is 5.84 Å². The molecule has 50 valence electrons. The Labute approximate surface area is 54.5 Å². The second-order valence-electron chi connectivity index (χ2n) is 2.40. The third kappa shape index (κ3) is 1.22. The van der Waals surface area contributed by atoms with E-state index in [1.807, 2.05) is 6.20 Å². The van der Waals surface area contributed by atoms with Crippen LogP contribution in [0.4, 0.5) is 0 Å². The summed E-state index contributed by atoms with van der Waals surface area (Å²) in [5, 5.41) is 0. The van der Waals surface area contributed by atoms with Crippen LogP contribution in [-0.2, 0) is 0 Å². The minimum atomic E-state index is 0.467. The summed E-state index contributed by atoms with van der Waals surface area (Å²) in [6, 6.07) is 0. The second kappa shape index (κ2) is 2.09. The van der Waals surface area contributed by atoms with E-state index in [0.717, 1.165) is 5.69 Å². The zero-order chi connectivity index (χ0) is 6.85. The van der Waals surface area contributed by atoms with E-state index in [0.29, 0.717) is 5.92 Å². The van der Waals surface area contributed by atoms with Crippen LogP contribution in [0, 0.1) is 0 Å². The fourth-order valence-corrected chi connectivity index (χ4v) is 0.651. The Morgan fingerprint density at radius 2 is 2.33 bits per heavy atom. The fourth-order valence-electron chi connectivity index (χ4n) is 0.651. The van der Waals surface area contributed by atoms with E-state index in [2.05, 4.69) is 18.8 Å². The molecule has 0 radical (unpaired) electrons. The molecule has 0 bridgehead atoms. The standard InChI is InChI=1S/C6H11N3/c1-5(2)6-3-9(7)4-8-6/h3-5H,7H2,1-2H3. The van der Waals surface area contributed by atoms with E-state index in [-0.39, 0.29) is 0 Å². The minimum absolute atomic E-state index is 0.467. The smallest absolute Gasteiger partial charge is 0.114 e. The molecule has 2 N–H and O–H groups in total. The minimum Gasteiger partial charge on any atom is -0.338 e. The Morgan fingerprint density at radius 1 is 1.67 bits per heavy atom. The number of aromatic nitrogens is 2. The quantitative estimate of drug-likeness (QED) is 0.562. The Hall–Kier alpha value is -0.990. The SMILES string of the molecule is CC(C)c1cn(N)cn1. The number of nitrogens with zero attached hydrogens (tertiary/aromatic N) is 2. The fraction of sp³-hybridized carbons (Fsp3) is 0.500. The number of hydrogen-bond donors (Lipinski definition) is 1. The molecule has 0 atom stereocenters. The van der Waals surface area contributed by atoms with Crippen LogP contribution in [0.15, 0.2) is 12.5 Å². The van der Waals surface area contributed by atoms with Gasteiger partial charge in [0.1, 0.15) is 6.33 Å². The van der Waals surface area contributed by atoms with Gasteiger partial charge in [0.2, 0.25) is 0 Å². The van der Waals surface area contributed by atoms with Gasteiger partial charge in [0, 0.05) is 6.20 Å². The summed E-state index contributed by atoms with van der Waals surface area (Å²) in [4.78, 5) is 4.05. The lowest BCUT2D eigenvalue weighted by Gasteiger charge is -1.94. The highest BCUT2D eigenvalue weighted by Gasteiger charge is 1.99. The maximum atomic E-state index is 5.37. The van der Waals surface area contributed by atoms with Crippen LogP contribution in [0.1, 0.15) is 25.5 Å². The lowest BCUT2D eigenvalue weighted by Crippen LogP contribution is -2.03. The monoisotopic (exact) mass is 125 g/mol.